The highest BCUT2D eigenvalue weighted by Gasteiger charge is 2.22. The molecule has 0 rings (SSSR count). The van der Waals surface area contributed by atoms with Crippen molar-refractivity contribution in [3.63, 3.8) is 0 Å². The molecule has 5 heteroatoms. The zero-order valence-corrected chi connectivity index (χ0v) is 18.6. The van der Waals surface area contributed by atoms with Gasteiger partial charge in [-0.1, -0.05) is 59.3 Å². The van der Waals surface area contributed by atoms with Gasteiger partial charge >= 0.3 is 11.9 Å². The van der Waals surface area contributed by atoms with Crippen molar-refractivity contribution in [2.75, 3.05) is 27.2 Å². The molecule has 0 aliphatic rings. The Balaban J connectivity index is 4.28. The Morgan fingerprint density at radius 2 is 1.48 bits per heavy atom. The van der Waals surface area contributed by atoms with Gasteiger partial charge in [0.25, 0.3) is 0 Å². The van der Waals surface area contributed by atoms with Crippen LogP contribution in [0.15, 0.2) is 0 Å². The monoisotopic (exact) mass is 385 g/mol. The van der Waals surface area contributed by atoms with E-state index < -0.39 is 6.10 Å². The highest BCUT2D eigenvalue weighted by atomic mass is 16.6. The van der Waals surface area contributed by atoms with Gasteiger partial charge in [-0.2, -0.15) is 0 Å². The smallest absolute Gasteiger partial charge is 0.309 e. The molecule has 0 aromatic rings. The van der Waals surface area contributed by atoms with Crippen LogP contribution in [0.1, 0.15) is 85.5 Å². The van der Waals surface area contributed by atoms with Crippen molar-refractivity contribution in [1.29, 1.82) is 0 Å². The Hall–Kier alpha value is -1.10. The van der Waals surface area contributed by atoms with Crippen molar-refractivity contribution in [2.24, 2.45) is 11.8 Å². The van der Waals surface area contributed by atoms with Gasteiger partial charge in [-0.15, -0.1) is 0 Å². The van der Waals surface area contributed by atoms with Gasteiger partial charge in [-0.3, -0.25) is 9.59 Å². The minimum atomic E-state index is -0.407. The number of unbranched alkanes of at least 4 members (excludes halogenated alkanes) is 4. The highest BCUT2D eigenvalue weighted by molar-refractivity contribution is 5.73. The lowest BCUT2D eigenvalue weighted by atomic mass is 9.95. The fourth-order valence-electron chi connectivity index (χ4n) is 2.88. The van der Waals surface area contributed by atoms with Gasteiger partial charge in [0.05, 0.1) is 11.8 Å². The van der Waals surface area contributed by atoms with E-state index in [9.17, 15) is 9.59 Å². The molecule has 0 fully saturated rings. The summed E-state index contributed by atoms with van der Waals surface area (Å²) in [5.41, 5.74) is 0. The number of carbonyl (C=O) groups is 2. The molecule has 0 radical (unpaired) electrons. The van der Waals surface area contributed by atoms with Gasteiger partial charge in [0.15, 0.2) is 0 Å². The van der Waals surface area contributed by atoms with Crippen LogP contribution in [0.4, 0.5) is 0 Å². The average Bonchev–Trinajstić information content (AvgIpc) is 2.63. The summed E-state index contributed by atoms with van der Waals surface area (Å²) in [5, 5.41) is 0. The van der Waals surface area contributed by atoms with Gasteiger partial charge in [0.2, 0.25) is 0 Å². The van der Waals surface area contributed by atoms with Crippen LogP contribution in [-0.2, 0) is 19.1 Å². The molecule has 0 saturated carbocycles. The third kappa shape index (κ3) is 13.7. The minimum absolute atomic E-state index is 0.0243. The van der Waals surface area contributed by atoms with Crippen LogP contribution in [0, 0.1) is 11.8 Å². The number of rotatable bonds is 16. The Bertz CT molecular complexity index is 398. The molecule has 5 nitrogen and oxygen atoms in total. The van der Waals surface area contributed by atoms with E-state index in [1.54, 1.807) is 6.92 Å². The predicted octanol–water partition coefficient (Wildman–Crippen LogP) is 4.83. The molecule has 160 valence electrons. The maximum Gasteiger partial charge on any atom is 0.309 e. The Morgan fingerprint density at radius 3 is 2.07 bits per heavy atom. The van der Waals surface area contributed by atoms with Gasteiger partial charge in [0.1, 0.15) is 12.7 Å². The van der Waals surface area contributed by atoms with Crippen molar-refractivity contribution in [1.82, 2.24) is 4.90 Å². The lowest BCUT2D eigenvalue weighted by Gasteiger charge is -2.20. The van der Waals surface area contributed by atoms with E-state index in [4.69, 9.17) is 9.47 Å². The molecule has 0 aliphatic carbocycles. The SMILES string of the molecule is CCCCCCC(CCCC)C(=O)OCC(C)OC(=O)C(C)CCN(C)C. The molecule has 0 aromatic heterocycles. The number of hydrogen-bond donors (Lipinski definition) is 0. The average molecular weight is 386 g/mol. The largest absolute Gasteiger partial charge is 0.462 e. The second kappa shape index (κ2) is 15.9. The fourth-order valence-corrected chi connectivity index (χ4v) is 2.88. The second-order valence-corrected chi connectivity index (χ2v) is 8.06. The Labute approximate surface area is 167 Å². The standard InChI is InChI=1S/C22H43NO4/c1-7-9-11-12-14-20(13-10-8-2)22(25)26-17-19(4)27-21(24)18(3)15-16-23(5)6/h18-20H,7-17H2,1-6H3. The first-order valence-corrected chi connectivity index (χ1v) is 10.8. The fraction of sp³-hybridized carbons (Fsp3) is 0.909. The molecule has 0 aliphatic heterocycles. The molecular weight excluding hydrogens is 342 g/mol. The first-order valence-electron chi connectivity index (χ1n) is 10.8. The third-order valence-corrected chi connectivity index (χ3v) is 4.83. The van der Waals surface area contributed by atoms with Crippen molar-refractivity contribution < 1.29 is 19.1 Å². The predicted molar refractivity (Wildman–Crippen MR) is 111 cm³/mol. The van der Waals surface area contributed by atoms with E-state index in [1.165, 1.54) is 19.3 Å². The van der Waals surface area contributed by atoms with Crippen LogP contribution in [0.5, 0.6) is 0 Å². The molecule has 0 aromatic carbocycles. The summed E-state index contributed by atoms with van der Waals surface area (Å²) in [6.07, 6.45) is 8.92. The number of hydrogen-bond acceptors (Lipinski definition) is 5. The van der Waals surface area contributed by atoms with E-state index in [1.807, 2.05) is 25.9 Å². The Morgan fingerprint density at radius 1 is 0.852 bits per heavy atom. The van der Waals surface area contributed by atoms with Crippen molar-refractivity contribution in [2.45, 2.75) is 91.6 Å². The lowest BCUT2D eigenvalue weighted by molar-refractivity contribution is -0.163. The van der Waals surface area contributed by atoms with Crippen LogP contribution in [0.3, 0.4) is 0 Å². The van der Waals surface area contributed by atoms with Crippen molar-refractivity contribution in [3.05, 3.63) is 0 Å². The molecule has 3 atom stereocenters. The van der Waals surface area contributed by atoms with E-state index in [2.05, 4.69) is 13.8 Å². The summed E-state index contributed by atoms with van der Waals surface area (Å²) >= 11 is 0. The summed E-state index contributed by atoms with van der Waals surface area (Å²) < 4.78 is 10.9. The topological polar surface area (TPSA) is 55.8 Å². The summed E-state index contributed by atoms with van der Waals surface area (Å²) in [7, 11) is 3.97. The molecule has 0 amide bonds. The van der Waals surface area contributed by atoms with Crippen LogP contribution in [0.25, 0.3) is 0 Å². The summed E-state index contributed by atoms with van der Waals surface area (Å²) in [6.45, 7) is 8.97. The van der Waals surface area contributed by atoms with Gasteiger partial charge in [-0.25, -0.2) is 0 Å². The number of carbonyl (C=O) groups excluding carboxylic acids is 2. The van der Waals surface area contributed by atoms with Crippen LogP contribution in [0.2, 0.25) is 0 Å². The molecule has 0 spiro atoms. The van der Waals surface area contributed by atoms with E-state index >= 15 is 0 Å². The molecule has 3 unspecified atom stereocenters. The highest BCUT2D eigenvalue weighted by Crippen LogP contribution is 2.19. The summed E-state index contributed by atoms with van der Waals surface area (Å²) in [6, 6.07) is 0. The molecular formula is C22H43NO4. The number of ether oxygens (including phenoxy) is 2. The van der Waals surface area contributed by atoms with Crippen LogP contribution in [-0.4, -0.2) is 50.2 Å². The second-order valence-electron chi connectivity index (χ2n) is 8.06. The molecule has 0 N–H and O–H groups in total. The third-order valence-electron chi connectivity index (χ3n) is 4.83. The van der Waals surface area contributed by atoms with Gasteiger partial charge < -0.3 is 14.4 Å². The molecule has 27 heavy (non-hydrogen) atoms. The number of esters is 2. The van der Waals surface area contributed by atoms with Crippen LogP contribution < -0.4 is 0 Å². The van der Waals surface area contributed by atoms with Crippen molar-refractivity contribution in [3.8, 4) is 0 Å². The summed E-state index contributed by atoms with van der Waals surface area (Å²) in [4.78, 5) is 26.6. The zero-order valence-electron chi connectivity index (χ0n) is 18.6. The molecule has 0 heterocycles. The quantitative estimate of drug-likeness (QED) is 0.281. The summed E-state index contributed by atoms with van der Waals surface area (Å²) in [5.74, 6) is -0.531. The maximum absolute atomic E-state index is 12.4. The first kappa shape index (κ1) is 25.9. The van der Waals surface area contributed by atoms with Crippen LogP contribution >= 0.6 is 0 Å². The normalized spacial score (nSPS) is 14.6. The molecule has 0 bridgehead atoms. The Kier molecular flexibility index (Phi) is 15.3. The van der Waals surface area contributed by atoms with Gasteiger partial charge in [-0.05, 0) is 46.8 Å². The van der Waals surface area contributed by atoms with E-state index in [0.29, 0.717) is 0 Å². The van der Waals surface area contributed by atoms with E-state index in [0.717, 1.165) is 45.1 Å². The molecule has 0 saturated heterocycles. The minimum Gasteiger partial charge on any atom is -0.462 e. The number of nitrogens with zero attached hydrogens (tertiary/aromatic N) is 1. The van der Waals surface area contributed by atoms with Crippen molar-refractivity contribution >= 4 is 11.9 Å². The van der Waals surface area contributed by atoms with E-state index in [-0.39, 0.29) is 30.4 Å². The maximum atomic E-state index is 12.4. The zero-order chi connectivity index (χ0) is 20.7. The first-order chi connectivity index (χ1) is 12.8. The lowest BCUT2D eigenvalue weighted by Crippen LogP contribution is -2.28. The van der Waals surface area contributed by atoms with Gasteiger partial charge in [0, 0.05) is 0 Å².